The van der Waals surface area contributed by atoms with Gasteiger partial charge >= 0.3 is 5.97 Å². The van der Waals surface area contributed by atoms with Gasteiger partial charge in [0.25, 0.3) is 0 Å². The van der Waals surface area contributed by atoms with Crippen LogP contribution in [0.4, 0.5) is 0 Å². The van der Waals surface area contributed by atoms with Crippen molar-refractivity contribution in [2.24, 2.45) is 0 Å². The number of aliphatic carboxylic acids is 1. The number of carbonyl (C=O) groups is 1. The van der Waals surface area contributed by atoms with Crippen molar-refractivity contribution in [1.82, 2.24) is 10.2 Å². The van der Waals surface area contributed by atoms with E-state index in [2.05, 4.69) is 10.2 Å². The number of rotatable bonds is 6. The third kappa shape index (κ3) is 3.76. The summed E-state index contributed by atoms with van der Waals surface area (Å²) in [6, 6.07) is 0.136. The highest BCUT2D eigenvalue weighted by atomic mass is 16.4. The van der Waals surface area contributed by atoms with E-state index in [9.17, 15) is 4.79 Å². The molecule has 0 aromatic rings. The first kappa shape index (κ1) is 11.9. The average molecular weight is 226 g/mol. The number of carboxylic acid groups (broad SMARTS) is 1. The molecular weight excluding hydrogens is 204 g/mol. The predicted octanol–water partition coefficient (Wildman–Crippen LogP) is 1.07. The largest absolute Gasteiger partial charge is 0.480 e. The zero-order chi connectivity index (χ0) is 11.4. The van der Waals surface area contributed by atoms with Crippen LogP contribution in [0.2, 0.25) is 0 Å². The third-order valence-corrected chi connectivity index (χ3v) is 3.50. The van der Waals surface area contributed by atoms with Crippen molar-refractivity contribution in [2.75, 3.05) is 19.6 Å². The van der Waals surface area contributed by atoms with Gasteiger partial charge in [-0.3, -0.25) is 4.79 Å². The van der Waals surface area contributed by atoms with Crippen molar-refractivity contribution in [2.45, 2.75) is 50.6 Å². The molecule has 1 saturated carbocycles. The summed E-state index contributed by atoms with van der Waals surface area (Å²) < 4.78 is 0. The van der Waals surface area contributed by atoms with Crippen molar-refractivity contribution < 1.29 is 9.90 Å². The molecule has 2 N–H and O–H groups in total. The Morgan fingerprint density at radius 1 is 1.31 bits per heavy atom. The predicted molar refractivity (Wildman–Crippen MR) is 62.5 cm³/mol. The van der Waals surface area contributed by atoms with Crippen LogP contribution in [0.3, 0.4) is 0 Å². The van der Waals surface area contributed by atoms with Gasteiger partial charge in [0.15, 0.2) is 0 Å². The monoisotopic (exact) mass is 226 g/mol. The van der Waals surface area contributed by atoms with Gasteiger partial charge in [0.05, 0.1) is 0 Å². The fraction of sp³-hybridized carbons (Fsp3) is 0.917. The highest BCUT2D eigenvalue weighted by Gasteiger charge is 2.28. The number of piperidine rings is 1. The Hall–Kier alpha value is -0.610. The second kappa shape index (κ2) is 5.64. The number of nitrogens with zero attached hydrogens (tertiary/aromatic N) is 1. The molecule has 1 heterocycles. The number of hydrogen-bond acceptors (Lipinski definition) is 3. The molecule has 1 saturated heterocycles. The molecule has 2 aliphatic rings. The maximum atomic E-state index is 11.1. The molecule has 0 amide bonds. The maximum Gasteiger partial charge on any atom is 0.320 e. The van der Waals surface area contributed by atoms with Gasteiger partial charge in [-0.2, -0.15) is 0 Å². The normalized spacial score (nSPS) is 24.2. The van der Waals surface area contributed by atoms with E-state index in [1.54, 1.807) is 0 Å². The van der Waals surface area contributed by atoms with E-state index >= 15 is 0 Å². The van der Waals surface area contributed by atoms with E-state index in [0.29, 0.717) is 6.04 Å². The van der Waals surface area contributed by atoms with Crippen LogP contribution in [-0.4, -0.2) is 47.7 Å². The van der Waals surface area contributed by atoms with E-state index < -0.39 is 5.97 Å². The molecule has 0 radical (unpaired) electrons. The second-order valence-electron chi connectivity index (χ2n) is 5.02. The molecule has 0 aromatic carbocycles. The molecule has 0 bridgehead atoms. The lowest BCUT2D eigenvalue weighted by molar-refractivity contribution is -0.139. The molecule has 92 valence electrons. The molecular formula is C12H22N2O2. The molecule has 1 unspecified atom stereocenters. The lowest BCUT2D eigenvalue weighted by atomic mass is 10.1. The van der Waals surface area contributed by atoms with Gasteiger partial charge in [0, 0.05) is 12.6 Å². The number of likely N-dealkylation sites (tertiary alicyclic amines) is 1. The zero-order valence-corrected chi connectivity index (χ0v) is 9.82. The van der Waals surface area contributed by atoms with Gasteiger partial charge in [0.2, 0.25) is 0 Å². The Morgan fingerprint density at radius 2 is 2.00 bits per heavy atom. The molecule has 0 spiro atoms. The van der Waals surface area contributed by atoms with Crippen molar-refractivity contribution in [3.8, 4) is 0 Å². The Bertz CT molecular complexity index is 235. The van der Waals surface area contributed by atoms with Crippen LogP contribution in [0.5, 0.6) is 0 Å². The minimum absolute atomic E-state index is 0.338. The fourth-order valence-electron chi connectivity index (χ4n) is 2.31. The molecule has 1 aliphatic carbocycles. The smallest absolute Gasteiger partial charge is 0.320 e. The average Bonchev–Trinajstić information content (AvgIpc) is 3.09. The van der Waals surface area contributed by atoms with Gasteiger partial charge in [-0.05, 0) is 45.2 Å². The minimum atomic E-state index is -0.691. The first-order valence-electron chi connectivity index (χ1n) is 6.47. The summed E-state index contributed by atoms with van der Waals surface area (Å²) in [4.78, 5) is 13.5. The summed E-state index contributed by atoms with van der Waals surface area (Å²) in [7, 11) is 0. The van der Waals surface area contributed by atoms with Crippen molar-refractivity contribution in [1.29, 1.82) is 0 Å². The lowest BCUT2D eigenvalue weighted by Gasteiger charge is -2.27. The number of hydrogen-bond donors (Lipinski definition) is 2. The number of nitrogens with one attached hydrogen (secondary N) is 1. The zero-order valence-electron chi connectivity index (χ0n) is 9.82. The van der Waals surface area contributed by atoms with E-state index in [4.69, 9.17) is 5.11 Å². The summed E-state index contributed by atoms with van der Waals surface area (Å²) >= 11 is 0. The van der Waals surface area contributed by atoms with Crippen molar-refractivity contribution in [3.05, 3.63) is 0 Å². The molecule has 4 nitrogen and oxygen atoms in total. The Balaban J connectivity index is 1.69. The van der Waals surface area contributed by atoms with Gasteiger partial charge in [-0.15, -0.1) is 0 Å². The summed E-state index contributed by atoms with van der Waals surface area (Å²) in [6.07, 6.45) is 6.91. The molecule has 4 heteroatoms. The van der Waals surface area contributed by atoms with Crippen LogP contribution in [0.15, 0.2) is 0 Å². The summed E-state index contributed by atoms with van der Waals surface area (Å²) in [5.41, 5.74) is 0. The molecule has 2 rings (SSSR count). The Labute approximate surface area is 97.0 Å². The first-order chi connectivity index (χ1) is 7.75. The topological polar surface area (TPSA) is 52.6 Å². The van der Waals surface area contributed by atoms with Crippen molar-refractivity contribution >= 4 is 5.97 Å². The van der Waals surface area contributed by atoms with Crippen LogP contribution < -0.4 is 5.32 Å². The van der Waals surface area contributed by atoms with E-state index in [1.165, 1.54) is 19.3 Å². The maximum absolute atomic E-state index is 11.1. The van der Waals surface area contributed by atoms with Crippen LogP contribution >= 0.6 is 0 Å². The Kier molecular flexibility index (Phi) is 4.18. The highest BCUT2D eigenvalue weighted by molar-refractivity contribution is 5.73. The highest BCUT2D eigenvalue weighted by Crippen LogP contribution is 2.20. The summed E-state index contributed by atoms with van der Waals surface area (Å²) in [5, 5.41) is 12.3. The Morgan fingerprint density at radius 3 is 2.56 bits per heavy atom. The van der Waals surface area contributed by atoms with Gasteiger partial charge in [0.1, 0.15) is 6.04 Å². The van der Waals surface area contributed by atoms with Crippen molar-refractivity contribution in [3.63, 3.8) is 0 Å². The van der Waals surface area contributed by atoms with Gasteiger partial charge in [-0.1, -0.05) is 6.42 Å². The lowest BCUT2D eigenvalue weighted by Crippen LogP contribution is -2.41. The molecule has 16 heavy (non-hydrogen) atoms. The molecule has 1 aliphatic heterocycles. The van der Waals surface area contributed by atoms with E-state index in [0.717, 1.165) is 38.9 Å². The van der Waals surface area contributed by atoms with Gasteiger partial charge < -0.3 is 15.3 Å². The third-order valence-electron chi connectivity index (χ3n) is 3.50. The molecule has 1 atom stereocenters. The quantitative estimate of drug-likeness (QED) is 0.711. The summed E-state index contributed by atoms with van der Waals surface area (Å²) in [5.74, 6) is -0.691. The molecule has 0 aromatic heterocycles. The van der Waals surface area contributed by atoms with Crippen LogP contribution in [0.25, 0.3) is 0 Å². The first-order valence-corrected chi connectivity index (χ1v) is 6.47. The van der Waals surface area contributed by atoms with E-state index in [1.807, 2.05) is 0 Å². The summed E-state index contributed by atoms with van der Waals surface area (Å²) in [6.45, 7) is 3.22. The van der Waals surface area contributed by atoms with E-state index in [-0.39, 0.29) is 6.04 Å². The SMILES string of the molecule is O=C(O)C(CCN1CCCCC1)NC1CC1. The van der Waals surface area contributed by atoms with Crippen LogP contribution in [0.1, 0.15) is 38.5 Å². The van der Waals surface area contributed by atoms with Gasteiger partial charge in [-0.25, -0.2) is 0 Å². The minimum Gasteiger partial charge on any atom is -0.480 e. The second-order valence-corrected chi connectivity index (χ2v) is 5.02. The molecule has 2 fully saturated rings. The fourth-order valence-corrected chi connectivity index (χ4v) is 2.31. The number of carboxylic acids is 1. The standard InChI is InChI=1S/C12H22N2O2/c15-12(16)11(13-10-4-5-10)6-9-14-7-2-1-3-8-14/h10-11,13H,1-9H2,(H,15,16). The van der Waals surface area contributed by atoms with Crippen LogP contribution in [0, 0.1) is 0 Å². The van der Waals surface area contributed by atoms with Crippen LogP contribution in [-0.2, 0) is 4.79 Å².